The van der Waals surface area contributed by atoms with E-state index in [0.29, 0.717) is 12.1 Å². The Morgan fingerprint density at radius 2 is 2.10 bits per heavy atom. The Morgan fingerprint density at radius 1 is 1.43 bits per heavy atom. The maximum Gasteiger partial charge on any atom is 0.338 e. The van der Waals surface area contributed by atoms with Crippen LogP contribution in [0.5, 0.6) is 0 Å². The Bertz CT molecular complexity index is 639. The molecule has 1 amide bonds. The van der Waals surface area contributed by atoms with Crippen molar-refractivity contribution in [1.29, 1.82) is 0 Å². The van der Waals surface area contributed by atoms with Crippen LogP contribution in [0.4, 0.5) is 0 Å². The summed E-state index contributed by atoms with van der Waals surface area (Å²) >= 11 is 0. The van der Waals surface area contributed by atoms with Crippen molar-refractivity contribution in [2.24, 2.45) is 10.9 Å². The molecule has 0 radical (unpaired) electrons. The summed E-state index contributed by atoms with van der Waals surface area (Å²) in [7, 11) is 0. The van der Waals surface area contributed by atoms with Crippen LogP contribution in [0.15, 0.2) is 11.1 Å². The number of amidine groups is 1. The number of hydrogen-bond donors (Lipinski definition) is 2. The van der Waals surface area contributed by atoms with Gasteiger partial charge in [-0.3, -0.25) is 4.79 Å². The number of carbonyl (C=O) groups excluding carboxylic acids is 1. The Hall–Kier alpha value is -2.31. The van der Waals surface area contributed by atoms with Crippen LogP contribution in [0.1, 0.15) is 49.4 Å². The summed E-state index contributed by atoms with van der Waals surface area (Å²) in [6.07, 6.45) is 0.579. The van der Waals surface area contributed by atoms with Gasteiger partial charge in [0, 0.05) is 0 Å². The van der Waals surface area contributed by atoms with E-state index >= 15 is 0 Å². The van der Waals surface area contributed by atoms with Gasteiger partial charge in [0.2, 0.25) is 0 Å². The number of rotatable bonds is 4. The number of carboxylic acids is 1. The highest BCUT2D eigenvalue weighted by Crippen LogP contribution is 2.27. The Labute approximate surface area is 122 Å². The predicted octanol–water partition coefficient (Wildman–Crippen LogP) is 1.03. The molecule has 21 heavy (non-hydrogen) atoms. The van der Waals surface area contributed by atoms with Crippen LogP contribution in [0.2, 0.25) is 0 Å². The molecule has 0 spiro atoms. The van der Waals surface area contributed by atoms with Crippen molar-refractivity contribution in [2.75, 3.05) is 0 Å². The molecular formula is C14H18N4O3. The summed E-state index contributed by atoms with van der Waals surface area (Å²) in [5, 5.41) is 19.8. The lowest BCUT2D eigenvalue weighted by molar-refractivity contribution is -0.124. The summed E-state index contributed by atoms with van der Waals surface area (Å²) in [6, 6.07) is 1.46. The third-order valence-electron chi connectivity index (χ3n) is 3.82. The zero-order valence-corrected chi connectivity index (χ0v) is 12.5. The molecule has 0 aromatic carbocycles. The van der Waals surface area contributed by atoms with Crippen LogP contribution >= 0.6 is 0 Å². The molecule has 112 valence electrons. The van der Waals surface area contributed by atoms with E-state index in [-0.39, 0.29) is 28.9 Å². The van der Waals surface area contributed by atoms with Crippen molar-refractivity contribution in [1.82, 2.24) is 15.5 Å². The topological polar surface area (TPSA) is 105 Å². The molecule has 1 aliphatic heterocycles. The van der Waals surface area contributed by atoms with Gasteiger partial charge >= 0.3 is 5.97 Å². The standard InChI is InChI=1S/C14H18N4O3/c1-5-8-6-9(12(19)20)10(18-17-8)11-15-13(21)14(4,16-11)7(2)3/h6-7H,5H2,1-4H3,(H,19,20)(H,15,16,21). The van der Waals surface area contributed by atoms with Crippen LogP contribution in [0.3, 0.4) is 0 Å². The smallest absolute Gasteiger partial charge is 0.338 e. The van der Waals surface area contributed by atoms with E-state index in [0.717, 1.165) is 0 Å². The lowest BCUT2D eigenvalue weighted by Crippen LogP contribution is -2.41. The fraction of sp³-hybridized carbons (Fsp3) is 0.500. The van der Waals surface area contributed by atoms with Crippen molar-refractivity contribution < 1.29 is 14.7 Å². The lowest BCUT2D eigenvalue weighted by atomic mass is 9.89. The maximum atomic E-state index is 12.1. The van der Waals surface area contributed by atoms with Crippen molar-refractivity contribution in [3.8, 4) is 0 Å². The fourth-order valence-corrected chi connectivity index (χ4v) is 1.99. The maximum absolute atomic E-state index is 12.1. The number of carbonyl (C=O) groups is 2. The van der Waals surface area contributed by atoms with Gasteiger partial charge in [-0.2, -0.15) is 5.10 Å². The number of aromatic carboxylic acids is 1. The zero-order chi connectivity index (χ0) is 15.8. The molecule has 7 heteroatoms. The number of aromatic nitrogens is 2. The summed E-state index contributed by atoms with van der Waals surface area (Å²) in [4.78, 5) is 27.9. The first-order valence-corrected chi connectivity index (χ1v) is 6.81. The van der Waals surface area contributed by atoms with E-state index < -0.39 is 11.5 Å². The number of carboxylic acid groups (broad SMARTS) is 1. The zero-order valence-electron chi connectivity index (χ0n) is 12.5. The van der Waals surface area contributed by atoms with Gasteiger partial charge in [-0.25, -0.2) is 9.79 Å². The molecule has 2 rings (SSSR count). The third kappa shape index (κ3) is 2.51. The molecule has 2 N–H and O–H groups in total. The normalized spacial score (nSPS) is 21.4. The van der Waals surface area contributed by atoms with Gasteiger partial charge in [-0.15, -0.1) is 5.10 Å². The minimum absolute atomic E-state index is 0.00564. The summed E-state index contributed by atoms with van der Waals surface area (Å²) < 4.78 is 0. The summed E-state index contributed by atoms with van der Waals surface area (Å²) in [5.74, 6) is -1.23. The van der Waals surface area contributed by atoms with Gasteiger partial charge in [-0.05, 0) is 25.3 Å². The largest absolute Gasteiger partial charge is 0.478 e. The van der Waals surface area contributed by atoms with Crippen LogP contribution in [-0.2, 0) is 11.2 Å². The molecule has 0 saturated heterocycles. The van der Waals surface area contributed by atoms with Gasteiger partial charge < -0.3 is 10.4 Å². The monoisotopic (exact) mass is 290 g/mol. The molecule has 1 aromatic heterocycles. The van der Waals surface area contributed by atoms with Gasteiger partial charge in [0.15, 0.2) is 5.84 Å². The summed E-state index contributed by atoms with van der Waals surface area (Å²) in [5.41, 5.74) is -0.255. The van der Waals surface area contributed by atoms with Crippen molar-refractivity contribution in [3.05, 3.63) is 23.0 Å². The molecule has 1 unspecified atom stereocenters. The summed E-state index contributed by atoms with van der Waals surface area (Å²) in [6.45, 7) is 7.35. The second-order valence-electron chi connectivity index (χ2n) is 5.47. The van der Waals surface area contributed by atoms with Crippen molar-refractivity contribution in [2.45, 2.75) is 39.7 Å². The molecule has 2 heterocycles. The number of nitrogens with one attached hydrogen (secondary N) is 1. The number of amides is 1. The Morgan fingerprint density at radius 3 is 2.57 bits per heavy atom. The van der Waals surface area contributed by atoms with E-state index in [2.05, 4.69) is 20.5 Å². The Kier molecular flexibility index (Phi) is 3.76. The minimum Gasteiger partial charge on any atom is -0.478 e. The quantitative estimate of drug-likeness (QED) is 0.861. The second-order valence-corrected chi connectivity index (χ2v) is 5.47. The first kappa shape index (κ1) is 15.1. The van der Waals surface area contributed by atoms with E-state index in [4.69, 9.17) is 0 Å². The van der Waals surface area contributed by atoms with Crippen LogP contribution in [0, 0.1) is 5.92 Å². The number of hydrogen-bond acceptors (Lipinski definition) is 5. The first-order chi connectivity index (χ1) is 9.79. The van der Waals surface area contributed by atoms with E-state index in [1.54, 1.807) is 6.92 Å². The average molecular weight is 290 g/mol. The molecule has 7 nitrogen and oxygen atoms in total. The van der Waals surface area contributed by atoms with Crippen molar-refractivity contribution in [3.63, 3.8) is 0 Å². The molecule has 1 atom stereocenters. The van der Waals surface area contributed by atoms with E-state index in [1.165, 1.54) is 6.07 Å². The third-order valence-corrected chi connectivity index (χ3v) is 3.82. The van der Waals surface area contributed by atoms with Gasteiger partial charge in [0.25, 0.3) is 5.91 Å². The SMILES string of the molecule is CCc1cc(C(=O)O)c(C2=NC(C)(C(C)C)C(=O)N2)nn1. The molecule has 0 saturated carbocycles. The van der Waals surface area contributed by atoms with Gasteiger partial charge in [0.1, 0.15) is 11.2 Å². The minimum atomic E-state index is -1.12. The van der Waals surface area contributed by atoms with Crippen molar-refractivity contribution >= 4 is 17.7 Å². The fourth-order valence-electron chi connectivity index (χ4n) is 1.99. The van der Waals surface area contributed by atoms with E-state index in [9.17, 15) is 14.7 Å². The van der Waals surface area contributed by atoms with Gasteiger partial charge in [-0.1, -0.05) is 20.8 Å². The molecule has 1 aliphatic rings. The number of aryl methyl sites for hydroxylation is 1. The molecule has 0 fully saturated rings. The Balaban J connectivity index is 2.53. The second kappa shape index (κ2) is 5.23. The molecule has 1 aromatic rings. The van der Waals surface area contributed by atoms with Crippen LogP contribution in [-0.4, -0.2) is 38.6 Å². The van der Waals surface area contributed by atoms with E-state index in [1.807, 2.05) is 20.8 Å². The lowest BCUT2D eigenvalue weighted by Gasteiger charge is -2.21. The van der Waals surface area contributed by atoms with Gasteiger partial charge in [0.05, 0.1) is 11.3 Å². The molecule has 0 bridgehead atoms. The highest BCUT2D eigenvalue weighted by molar-refractivity contribution is 6.17. The average Bonchev–Trinajstić information content (AvgIpc) is 2.75. The number of aliphatic imine (C=N–C) groups is 1. The molecule has 0 aliphatic carbocycles. The highest BCUT2D eigenvalue weighted by Gasteiger charge is 2.43. The first-order valence-electron chi connectivity index (χ1n) is 6.81. The van der Waals surface area contributed by atoms with Crippen LogP contribution in [0.25, 0.3) is 0 Å². The molecular weight excluding hydrogens is 272 g/mol. The van der Waals surface area contributed by atoms with Crippen LogP contribution < -0.4 is 5.32 Å². The highest BCUT2D eigenvalue weighted by atomic mass is 16.4. The predicted molar refractivity (Wildman–Crippen MR) is 76.3 cm³/mol. The number of nitrogens with zero attached hydrogens (tertiary/aromatic N) is 3.